The zero-order chi connectivity index (χ0) is 13.2. The minimum atomic E-state index is -0.398. The van der Waals surface area contributed by atoms with Gasteiger partial charge < -0.3 is 15.5 Å². The number of likely N-dealkylation sites (tertiary alicyclic amines) is 1. The van der Waals surface area contributed by atoms with Gasteiger partial charge in [-0.3, -0.25) is 0 Å². The van der Waals surface area contributed by atoms with Crippen molar-refractivity contribution >= 4 is 11.7 Å². The number of halogens is 1. The second kappa shape index (κ2) is 5.17. The van der Waals surface area contributed by atoms with E-state index in [0.717, 1.165) is 13.1 Å². The zero-order valence-corrected chi connectivity index (χ0v) is 10.7. The first kappa shape index (κ1) is 12.4. The van der Waals surface area contributed by atoms with Crippen molar-refractivity contribution < 1.29 is 9.18 Å². The van der Waals surface area contributed by atoms with Crippen molar-refractivity contribution in [3.63, 3.8) is 0 Å². The molecular weight excluding hydrogens is 245 g/mol. The van der Waals surface area contributed by atoms with Crippen LogP contribution in [0.1, 0.15) is 12.8 Å². The topological polar surface area (TPSA) is 44.4 Å². The molecule has 0 aliphatic carbocycles. The number of hydrogen-bond donors (Lipinski definition) is 2. The summed E-state index contributed by atoms with van der Waals surface area (Å²) in [4.78, 5) is 13.9. The highest BCUT2D eigenvalue weighted by molar-refractivity contribution is 5.89. The number of carbonyl (C=O) groups excluding carboxylic acids is 1. The molecule has 0 spiro atoms. The summed E-state index contributed by atoms with van der Waals surface area (Å²) in [5, 5.41) is 6.09. The second-order valence-electron chi connectivity index (χ2n) is 5.28. The summed E-state index contributed by atoms with van der Waals surface area (Å²) in [6.07, 6.45) is 2.34. The predicted molar refractivity (Wildman–Crippen MR) is 71.5 cm³/mol. The van der Waals surface area contributed by atoms with Crippen LogP contribution in [0, 0.1) is 11.7 Å². The highest BCUT2D eigenvalue weighted by Gasteiger charge is 2.36. The number of piperidine rings is 1. The monoisotopic (exact) mass is 263 g/mol. The van der Waals surface area contributed by atoms with Gasteiger partial charge in [-0.1, -0.05) is 12.1 Å². The summed E-state index contributed by atoms with van der Waals surface area (Å²) < 4.78 is 13.5. The summed E-state index contributed by atoms with van der Waals surface area (Å²) in [6, 6.07) is 6.44. The molecule has 102 valence electrons. The average Bonchev–Trinajstić information content (AvgIpc) is 2.85. The molecule has 0 radical (unpaired) electrons. The number of hydrogen-bond acceptors (Lipinski definition) is 2. The van der Waals surface area contributed by atoms with Crippen LogP contribution in [0.15, 0.2) is 24.3 Å². The van der Waals surface area contributed by atoms with E-state index in [2.05, 4.69) is 10.6 Å². The molecule has 1 aromatic carbocycles. The predicted octanol–water partition coefficient (Wildman–Crippen LogP) is 2.04. The van der Waals surface area contributed by atoms with E-state index in [-0.39, 0.29) is 11.7 Å². The Morgan fingerprint density at radius 1 is 1.37 bits per heavy atom. The van der Waals surface area contributed by atoms with Crippen molar-refractivity contribution in [1.29, 1.82) is 0 Å². The molecule has 0 saturated carbocycles. The molecule has 4 nitrogen and oxygen atoms in total. The zero-order valence-electron chi connectivity index (χ0n) is 10.7. The van der Waals surface area contributed by atoms with Crippen molar-refractivity contribution in [2.45, 2.75) is 18.9 Å². The van der Waals surface area contributed by atoms with E-state index >= 15 is 0 Å². The number of fused-ring (bicyclic) bond motifs is 1. The van der Waals surface area contributed by atoms with E-state index in [4.69, 9.17) is 0 Å². The number of nitrogens with zero attached hydrogens (tertiary/aromatic N) is 1. The van der Waals surface area contributed by atoms with E-state index < -0.39 is 5.82 Å². The molecule has 2 saturated heterocycles. The summed E-state index contributed by atoms with van der Waals surface area (Å²) in [6.45, 7) is 2.51. The fourth-order valence-corrected chi connectivity index (χ4v) is 2.97. The number of urea groups is 1. The Morgan fingerprint density at radius 2 is 2.21 bits per heavy atom. The third kappa shape index (κ3) is 2.56. The smallest absolute Gasteiger partial charge is 0.321 e. The van der Waals surface area contributed by atoms with Gasteiger partial charge in [0.1, 0.15) is 5.82 Å². The molecule has 2 aliphatic heterocycles. The average molecular weight is 263 g/mol. The number of carbonyl (C=O) groups is 1. The lowest BCUT2D eigenvalue weighted by Crippen LogP contribution is -2.41. The quantitative estimate of drug-likeness (QED) is 0.814. The first-order chi connectivity index (χ1) is 9.24. The third-order valence-electron chi connectivity index (χ3n) is 4.00. The number of nitrogens with one attached hydrogen (secondary N) is 2. The maximum atomic E-state index is 13.5. The molecular formula is C14H18FN3O. The first-order valence-electron chi connectivity index (χ1n) is 6.78. The highest BCUT2D eigenvalue weighted by atomic mass is 19.1. The molecule has 19 heavy (non-hydrogen) atoms. The standard InChI is InChI=1S/C14H18FN3O/c15-11-5-1-2-6-12(11)17-14(19)18-8-10-4-3-7-16-13(10)9-18/h1-2,5-6,10,13,16H,3-4,7-9H2,(H,17,19)/t10-,13+/m0/s1. The Hall–Kier alpha value is -1.62. The molecule has 2 fully saturated rings. The van der Waals surface area contributed by atoms with Gasteiger partial charge >= 0.3 is 6.03 Å². The summed E-state index contributed by atoms with van der Waals surface area (Å²) >= 11 is 0. The molecule has 2 atom stereocenters. The van der Waals surface area contributed by atoms with Crippen molar-refractivity contribution in [3.8, 4) is 0 Å². The van der Waals surface area contributed by atoms with Gasteiger partial charge in [0.05, 0.1) is 5.69 Å². The minimum Gasteiger partial charge on any atom is -0.323 e. The summed E-state index contributed by atoms with van der Waals surface area (Å²) in [5.74, 6) is 0.144. The van der Waals surface area contributed by atoms with Crippen LogP contribution in [0.2, 0.25) is 0 Å². The van der Waals surface area contributed by atoms with E-state index in [0.29, 0.717) is 18.5 Å². The lowest BCUT2D eigenvalue weighted by molar-refractivity contribution is 0.220. The van der Waals surface area contributed by atoms with Gasteiger partial charge in [0.25, 0.3) is 0 Å². The molecule has 2 amide bonds. The fourth-order valence-electron chi connectivity index (χ4n) is 2.97. The maximum absolute atomic E-state index is 13.5. The molecule has 5 heteroatoms. The van der Waals surface area contributed by atoms with Gasteiger partial charge in [-0.05, 0) is 37.4 Å². The van der Waals surface area contributed by atoms with Crippen LogP contribution in [-0.2, 0) is 0 Å². The van der Waals surface area contributed by atoms with Crippen molar-refractivity contribution in [1.82, 2.24) is 10.2 Å². The molecule has 0 unspecified atom stereocenters. The minimum absolute atomic E-state index is 0.207. The second-order valence-corrected chi connectivity index (χ2v) is 5.28. The van der Waals surface area contributed by atoms with Crippen LogP contribution in [-0.4, -0.2) is 36.6 Å². The SMILES string of the molecule is O=C(Nc1ccccc1F)N1C[C@@H]2CCCN[C@@H]2C1. The van der Waals surface area contributed by atoms with E-state index in [1.165, 1.54) is 18.9 Å². The van der Waals surface area contributed by atoms with Gasteiger partial charge in [0.2, 0.25) is 0 Å². The number of anilines is 1. The number of para-hydroxylation sites is 1. The number of amides is 2. The Labute approximate surface area is 112 Å². The largest absolute Gasteiger partial charge is 0.323 e. The van der Waals surface area contributed by atoms with E-state index in [1.54, 1.807) is 23.1 Å². The van der Waals surface area contributed by atoms with Crippen molar-refractivity contribution in [2.24, 2.45) is 5.92 Å². The van der Waals surface area contributed by atoms with Gasteiger partial charge in [0, 0.05) is 19.1 Å². The maximum Gasteiger partial charge on any atom is 0.321 e. The van der Waals surface area contributed by atoms with Crippen molar-refractivity contribution in [2.75, 3.05) is 25.0 Å². The van der Waals surface area contributed by atoms with Gasteiger partial charge in [-0.2, -0.15) is 0 Å². The number of benzene rings is 1. The Kier molecular flexibility index (Phi) is 3.38. The first-order valence-corrected chi connectivity index (χ1v) is 6.78. The molecule has 2 aliphatic rings. The van der Waals surface area contributed by atoms with Crippen LogP contribution < -0.4 is 10.6 Å². The molecule has 2 heterocycles. The van der Waals surface area contributed by atoms with Gasteiger partial charge in [-0.25, -0.2) is 9.18 Å². The molecule has 0 aromatic heterocycles. The Balaban J connectivity index is 1.64. The Morgan fingerprint density at radius 3 is 3.00 bits per heavy atom. The van der Waals surface area contributed by atoms with E-state index in [1.807, 2.05) is 0 Å². The Bertz CT molecular complexity index is 466. The normalized spacial score (nSPS) is 26.1. The van der Waals surface area contributed by atoms with E-state index in [9.17, 15) is 9.18 Å². The van der Waals surface area contributed by atoms with Crippen molar-refractivity contribution in [3.05, 3.63) is 30.1 Å². The van der Waals surface area contributed by atoms with Crippen LogP contribution >= 0.6 is 0 Å². The van der Waals surface area contributed by atoms with Crippen LogP contribution in [0.5, 0.6) is 0 Å². The lowest BCUT2D eigenvalue weighted by Gasteiger charge is -2.24. The van der Waals surface area contributed by atoms with Crippen LogP contribution in [0.3, 0.4) is 0 Å². The lowest BCUT2D eigenvalue weighted by atomic mass is 9.94. The van der Waals surface area contributed by atoms with Gasteiger partial charge in [-0.15, -0.1) is 0 Å². The highest BCUT2D eigenvalue weighted by Crippen LogP contribution is 2.25. The summed E-state index contributed by atoms with van der Waals surface area (Å²) in [5.41, 5.74) is 0.246. The van der Waals surface area contributed by atoms with Gasteiger partial charge in [0.15, 0.2) is 0 Å². The summed E-state index contributed by atoms with van der Waals surface area (Å²) in [7, 11) is 0. The molecule has 2 N–H and O–H groups in total. The molecule has 1 aromatic rings. The third-order valence-corrected chi connectivity index (χ3v) is 4.00. The molecule has 0 bridgehead atoms. The molecule has 3 rings (SSSR count). The number of rotatable bonds is 1. The van der Waals surface area contributed by atoms with Crippen LogP contribution in [0.4, 0.5) is 14.9 Å². The fraction of sp³-hybridized carbons (Fsp3) is 0.500. The van der Waals surface area contributed by atoms with Crippen LogP contribution in [0.25, 0.3) is 0 Å².